The van der Waals surface area contributed by atoms with Gasteiger partial charge >= 0.3 is 11.9 Å². The second kappa shape index (κ2) is 6.39. The molecule has 21 heavy (non-hydrogen) atoms. The molecule has 1 aromatic rings. The molecule has 0 spiro atoms. The van der Waals surface area contributed by atoms with Gasteiger partial charge in [0.05, 0.1) is 12.7 Å². The molecule has 1 saturated heterocycles. The van der Waals surface area contributed by atoms with Crippen LogP contribution in [-0.4, -0.2) is 42.4 Å². The Bertz CT molecular complexity index is 569. The lowest BCUT2D eigenvalue weighted by molar-refractivity contribution is -0.145. The maximum absolute atomic E-state index is 12.6. The average molecular weight is 291 g/mol. The number of carbonyl (C=O) groups excluding carboxylic acids is 3. The van der Waals surface area contributed by atoms with Crippen molar-refractivity contribution >= 4 is 17.8 Å². The first-order valence-corrected chi connectivity index (χ1v) is 6.71. The van der Waals surface area contributed by atoms with Crippen molar-refractivity contribution in [2.45, 2.75) is 25.8 Å². The number of para-hydroxylation sites is 1. The summed E-state index contributed by atoms with van der Waals surface area (Å²) in [6, 6.07) is 5.92. The first kappa shape index (κ1) is 15.0. The Morgan fingerprint density at radius 3 is 2.62 bits per heavy atom. The molecule has 0 radical (unpaired) electrons. The number of amides is 1. The minimum atomic E-state index is -0.576. The largest absolute Gasteiger partial charge is 0.467 e. The third-order valence-electron chi connectivity index (χ3n) is 3.36. The lowest BCUT2D eigenvalue weighted by Gasteiger charge is -2.23. The highest BCUT2D eigenvalue weighted by Gasteiger charge is 2.36. The number of carbonyl (C=O) groups is 3. The fourth-order valence-electron chi connectivity index (χ4n) is 2.43. The number of benzene rings is 1. The van der Waals surface area contributed by atoms with E-state index in [1.165, 1.54) is 18.9 Å². The van der Waals surface area contributed by atoms with Crippen molar-refractivity contribution in [1.82, 2.24) is 4.90 Å². The van der Waals surface area contributed by atoms with Gasteiger partial charge in [-0.2, -0.15) is 0 Å². The standard InChI is InChI=1S/C15H17NO5/c1-10(17)21-13-8-4-3-6-11(13)14(18)16-9-5-7-12(16)15(19)20-2/h3-4,6,8,12H,5,7,9H2,1-2H3/t12-/m0/s1. The van der Waals surface area contributed by atoms with Crippen LogP contribution < -0.4 is 4.74 Å². The number of ether oxygens (including phenoxy) is 2. The highest BCUT2D eigenvalue weighted by Crippen LogP contribution is 2.25. The summed E-state index contributed by atoms with van der Waals surface area (Å²) in [6.45, 7) is 1.75. The van der Waals surface area contributed by atoms with Crippen LogP contribution in [0.2, 0.25) is 0 Å². The zero-order valence-electron chi connectivity index (χ0n) is 12.0. The summed E-state index contributed by atoms with van der Waals surface area (Å²) in [5.74, 6) is -1.06. The van der Waals surface area contributed by atoms with Crippen molar-refractivity contribution in [1.29, 1.82) is 0 Å². The quantitative estimate of drug-likeness (QED) is 0.621. The molecule has 0 aromatic heterocycles. The van der Waals surface area contributed by atoms with Gasteiger partial charge in [0, 0.05) is 13.5 Å². The zero-order chi connectivity index (χ0) is 15.4. The number of methoxy groups -OCH3 is 1. The Morgan fingerprint density at radius 1 is 1.24 bits per heavy atom. The molecule has 1 aliphatic heterocycles. The molecule has 1 atom stereocenters. The highest BCUT2D eigenvalue weighted by molar-refractivity contribution is 5.99. The van der Waals surface area contributed by atoms with Crippen LogP contribution in [0.15, 0.2) is 24.3 Å². The SMILES string of the molecule is COC(=O)[C@@H]1CCCN1C(=O)c1ccccc1OC(C)=O. The Labute approximate surface area is 122 Å². The Kier molecular flexibility index (Phi) is 4.57. The molecule has 0 bridgehead atoms. The predicted octanol–water partition coefficient (Wildman–Crippen LogP) is 1.39. The van der Waals surface area contributed by atoms with E-state index in [0.717, 1.165) is 6.42 Å². The van der Waals surface area contributed by atoms with Gasteiger partial charge in [-0.15, -0.1) is 0 Å². The second-order valence-corrected chi connectivity index (χ2v) is 4.77. The van der Waals surface area contributed by atoms with Crippen molar-refractivity contribution in [3.8, 4) is 5.75 Å². The van der Waals surface area contributed by atoms with Crippen molar-refractivity contribution in [2.24, 2.45) is 0 Å². The summed E-state index contributed by atoms with van der Waals surface area (Å²) in [7, 11) is 1.30. The Balaban J connectivity index is 2.27. The van der Waals surface area contributed by atoms with Gasteiger partial charge in [0.2, 0.25) is 0 Å². The first-order valence-electron chi connectivity index (χ1n) is 6.71. The minimum absolute atomic E-state index is 0.200. The number of esters is 2. The lowest BCUT2D eigenvalue weighted by atomic mass is 10.1. The molecule has 1 fully saturated rings. The summed E-state index contributed by atoms with van der Waals surface area (Å²) < 4.78 is 9.77. The van der Waals surface area contributed by atoms with E-state index in [1.807, 2.05) is 0 Å². The molecule has 112 valence electrons. The molecule has 1 aliphatic rings. The van der Waals surface area contributed by atoms with Gasteiger partial charge in [-0.25, -0.2) is 4.79 Å². The molecule has 2 rings (SSSR count). The molecule has 1 heterocycles. The van der Waals surface area contributed by atoms with Crippen LogP contribution in [0.3, 0.4) is 0 Å². The number of nitrogens with zero attached hydrogens (tertiary/aromatic N) is 1. The average Bonchev–Trinajstić information content (AvgIpc) is 2.95. The van der Waals surface area contributed by atoms with Crippen molar-refractivity contribution in [3.63, 3.8) is 0 Å². The Morgan fingerprint density at radius 2 is 1.95 bits per heavy atom. The number of likely N-dealkylation sites (tertiary alicyclic amines) is 1. The van der Waals surface area contributed by atoms with E-state index < -0.39 is 18.0 Å². The van der Waals surface area contributed by atoms with Crippen LogP contribution in [0.4, 0.5) is 0 Å². The van der Waals surface area contributed by atoms with Crippen molar-refractivity contribution in [2.75, 3.05) is 13.7 Å². The normalized spacial score (nSPS) is 17.4. The van der Waals surface area contributed by atoms with E-state index in [4.69, 9.17) is 9.47 Å². The highest BCUT2D eigenvalue weighted by atomic mass is 16.5. The predicted molar refractivity (Wildman–Crippen MR) is 73.8 cm³/mol. The fraction of sp³-hybridized carbons (Fsp3) is 0.400. The van der Waals surface area contributed by atoms with Crippen molar-refractivity contribution < 1.29 is 23.9 Å². The van der Waals surface area contributed by atoms with Gasteiger partial charge in [-0.05, 0) is 25.0 Å². The monoisotopic (exact) mass is 291 g/mol. The Hall–Kier alpha value is -2.37. The van der Waals surface area contributed by atoms with Gasteiger partial charge in [0.25, 0.3) is 5.91 Å². The van der Waals surface area contributed by atoms with Crippen LogP contribution in [0.25, 0.3) is 0 Å². The summed E-state index contributed by atoms with van der Waals surface area (Å²) in [5, 5.41) is 0. The first-order chi connectivity index (χ1) is 10.0. The molecule has 0 saturated carbocycles. The zero-order valence-corrected chi connectivity index (χ0v) is 12.0. The van der Waals surface area contributed by atoms with Crippen LogP contribution in [-0.2, 0) is 14.3 Å². The van der Waals surface area contributed by atoms with Crippen LogP contribution in [0.5, 0.6) is 5.75 Å². The third-order valence-corrected chi connectivity index (χ3v) is 3.36. The van der Waals surface area contributed by atoms with Gasteiger partial charge in [-0.1, -0.05) is 12.1 Å². The molecule has 1 amide bonds. The van der Waals surface area contributed by atoms with E-state index in [1.54, 1.807) is 24.3 Å². The van der Waals surface area contributed by atoms with Gasteiger partial charge < -0.3 is 14.4 Å². The smallest absolute Gasteiger partial charge is 0.328 e. The lowest BCUT2D eigenvalue weighted by Crippen LogP contribution is -2.41. The topological polar surface area (TPSA) is 72.9 Å². The van der Waals surface area contributed by atoms with Crippen LogP contribution in [0.1, 0.15) is 30.1 Å². The molecule has 6 nitrogen and oxygen atoms in total. The summed E-state index contributed by atoms with van der Waals surface area (Å²) in [4.78, 5) is 36.9. The van der Waals surface area contributed by atoms with E-state index >= 15 is 0 Å². The van der Waals surface area contributed by atoms with E-state index in [-0.39, 0.29) is 17.2 Å². The van der Waals surface area contributed by atoms with Gasteiger partial charge in [-0.3, -0.25) is 9.59 Å². The fourth-order valence-corrected chi connectivity index (χ4v) is 2.43. The maximum Gasteiger partial charge on any atom is 0.328 e. The second-order valence-electron chi connectivity index (χ2n) is 4.77. The molecule has 0 aliphatic carbocycles. The molecule has 1 aromatic carbocycles. The summed E-state index contributed by atoms with van der Waals surface area (Å²) >= 11 is 0. The van der Waals surface area contributed by atoms with Gasteiger partial charge in [0.15, 0.2) is 0 Å². The molecular weight excluding hydrogens is 274 g/mol. The summed E-state index contributed by atoms with van der Waals surface area (Å²) in [6.07, 6.45) is 1.31. The maximum atomic E-state index is 12.6. The number of hydrogen-bond donors (Lipinski definition) is 0. The van der Waals surface area contributed by atoms with E-state index in [2.05, 4.69) is 0 Å². The van der Waals surface area contributed by atoms with Crippen LogP contribution >= 0.6 is 0 Å². The van der Waals surface area contributed by atoms with E-state index in [9.17, 15) is 14.4 Å². The number of hydrogen-bond acceptors (Lipinski definition) is 5. The van der Waals surface area contributed by atoms with E-state index in [0.29, 0.717) is 13.0 Å². The molecule has 0 N–H and O–H groups in total. The molecule has 6 heteroatoms. The molecule has 0 unspecified atom stereocenters. The summed E-state index contributed by atoms with van der Waals surface area (Å²) in [5.41, 5.74) is 0.267. The van der Waals surface area contributed by atoms with Gasteiger partial charge in [0.1, 0.15) is 11.8 Å². The van der Waals surface area contributed by atoms with Crippen LogP contribution in [0, 0.1) is 0 Å². The number of rotatable bonds is 3. The van der Waals surface area contributed by atoms with Crippen molar-refractivity contribution in [3.05, 3.63) is 29.8 Å². The molecular formula is C15H17NO5. The third kappa shape index (κ3) is 3.21. The minimum Gasteiger partial charge on any atom is -0.467 e.